The van der Waals surface area contributed by atoms with E-state index in [0.29, 0.717) is 18.1 Å². The summed E-state index contributed by atoms with van der Waals surface area (Å²) in [7, 11) is 1.59. The van der Waals surface area contributed by atoms with Crippen LogP contribution in [0.25, 0.3) is 0 Å². The monoisotopic (exact) mass is 354 g/mol. The Morgan fingerprint density at radius 2 is 2.10 bits per heavy atom. The zero-order valence-electron chi connectivity index (χ0n) is 12.4. The number of nitrogens with zero attached hydrogens (tertiary/aromatic N) is 2. The largest absolute Gasteiger partial charge is 0.493 e. The molecule has 114 valence electrons. The van der Waals surface area contributed by atoms with E-state index in [9.17, 15) is 5.11 Å². The number of halogens is 1. The van der Waals surface area contributed by atoms with E-state index in [2.05, 4.69) is 21.0 Å². The number of aromatic nitrogens is 2. The second-order valence-electron chi connectivity index (χ2n) is 4.59. The number of aryl methyl sites for hydroxylation is 2. The standard InChI is InChI=1S/C15H19BrN2O3/c1-4-18-12(15(16)10(2)17-18)9-21-14-7-11(8-19)5-6-13(14)20-3/h5-7,19H,4,8-9H2,1-3H3. The second kappa shape index (κ2) is 6.95. The summed E-state index contributed by atoms with van der Waals surface area (Å²) in [6.07, 6.45) is 0. The van der Waals surface area contributed by atoms with Crippen LogP contribution < -0.4 is 9.47 Å². The van der Waals surface area contributed by atoms with Crippen molar-refractivity contribution in [2.45, 2.75) is 33.6 Å². The molecule has 0 saturated heterocycles. The summed E-state index contributed by atoms with van der Waals surface area (Å²) in [6, 6.07) is 5.38. The highest BCUT2D eigenvalue weighted by atomic mass is 79.9. The van der Waals surface area contributed by atoms with Gasteiger partial charge in [0.1, 0.15) is 6.61 Å². The summed E-state index contributed by atoms with van der Waals surface area (Å²) >= 11 is 3.54. The zero-order chi connectivity index (χ0) is 15.4. The third-order valence-electron chi connectivity index (χ3n) is 3.23. The number of aliphatic hydroxyl groups excluding tert-OH is 1. The molecule has 0 aliphatic carbocycles. The lowest BCUT2D eigenvalue weighted by molar-refractivity contribution is 0.266. The van der Waals surface area contributed by atoms with Gasteiger partial charge < -0.3 is 14.6 Å². The fourth-order valence-corrected chi connectivity index (χ4v) is 2.48. The van der Waals surface area contributed by atoms with Crippen LogP contribution in [0.4, 0.5) is 0 Å². The van der Waals surface area contributed by atoms with Gasteiger partial charge in [0.05, 0.1) is 29.6 Å². The molecule has 0 fully saturated rings. The molecule has 0 spiro atoms. The summed E-state index contributed by atoms with van der Waals surface area (Å²) < 4.78 is 14.0. The van der Waals surface area contributed by atoms with Gasteiger partial charge in [-0.15, -0.1) is 0 Å². The van der Waals surface area contributed by atoms with Gasteiger partial charge in [-0.25, -0.2) is 0 Å². The zero-order valence-corrected chi connectivity index (χ0v) is 14.0. The first kappa shape index (κ1) is 15.9. The first-order valence-corrected chi connectivity index (χ1v) is 7.52. The van der Waals surface area contributed by atoms with E-state index < -0.39 is 0 Å². The van der Waals surface area contributed by atoms with Crippen LogP contribution in [-0.4, -0.2) is 22.0 Å². The third kappa shape index (κ3) is 3.39. The third-order valence-corrected chi connectivity index (χ3v) is 4.26. The van der Waals surface area contributed by atoms with Crippen LogP contribution >= 0.6 is 15.9 Å². The molecule has 0 aliphatic heterocycles. The van der Waals surface area contributed by atoms with Crippen molar-refractivity contribution in [1.29, 1.82) is 0 Å². The van der Waals surface area contributed by atoms with Crippen LogP contribution in [0.15, 0.2) is 22.7 Å². The Kier molecular flexibility index (Phi) is 5.25. The summed E-state index contributed by atoms with van der Waals surface area (Å²) in [6.45, 7) is 5.11. The fraction of sp³-hybridized carbons (Fsp3) is 0.400. The van der Waals surface area contributed by atoms with Crippen molar-refractivity contribution in [3.63, 3.8) is 0 Å². The highest BCUT2D eigenvalue weighted by Gasteiger charge is 2.14. The van der Waals surface area contributed by atoms with Crippen molar-refractivity contribution < 1.29 is 14.6 Å². The number of benzene rings is 1. The van der Waals surface area contributed by atoms with Gasteiger partial charge in [0.15, 0.2) is 11.5 Å². The second-order valence-corrected chi connectivity index (χ2v) is 5.39. The van der Waals surface area contributed by atoms with Crippen LogP contribution in [0.2, 0.25) is 0 Å². The van der Waals surface area contributed by atoms with Gasteiger partial charge in [0.25, 0.3) is 0 Å². The molecular weight excluding hydrogens is 336 g/mol. The van der Waals surface area contributed by atoms with Crippen LogP contribution in [0.3, 0.4) is 0 Å². The molecule has 2 aromatic rings. The summed E-state index contributed by atoms with van der Waals surface area (Å²) in [5.74, 6) is 1.25. The maximum atomic E-state index is 9.22. The quantitative estimate of drug-likeness (QED) is 0.865. The minimum atomic E-state index is -0.0317. The number of hydrogen-bond donors (Lipinski definition) is 1. The van der Waals surface area contributed by atoms with Crippen molar-refractivity contribution >= 4 is 15.9 Å². The summed E-state index contributed by atoms with van der Waals surface area (Å²) in [5, 5.41) is 13.7. The predicted molar refractivity (Wildman–Crippen MR) is 83.6 cm³/mol. The fourth-order valence-electron chi connectivity index (χ4n) is 2.09. The average Bonchev–Trinajstić information content (AvgIpc) is 2.79. The molecule has 2 rings (SSSR count). The topological polar surface area (TPSA) is 56.5 Å². The summed E-state index contributed by atoms with van der Waals surface area (Å²) in [5.41, 5.74) is 2.70. The minimum Gasteiger partial charge on any atom is -0.493 e. The number of rotatable bonds is 6. The van der Waals surface area contributed by atoms with Crippen molar-refractivity contribution in [2.24, 2.45) is 0 Å². The molecule has 0 amide bonds. The first-order chi connectivity index (χ1) is 10.1. The first-order valence-electron chi connectivity index (χ1n) is 6.73. The van der Waals surface area contributed by atoms with Gasteiger partial charge in [-0.2, -0.15) is 5.10 Å². The van der Waals surface area contributed by atoms with E-state index in [4.69, 9.17) is 9.47 Å². The maximum absolute atomic E-state index is 9.22. The van der Waals surface area contributed by atoms with Crippen LogP contribution in [0.1, 0.15) is 23.9 Å². The van der Waals surface area contributed by atoms with Crippen LogP contribution in [0, 0.1) is 6.92 Å². The molecule has 1 N–H and O–H groups in total. The van der Waals surface area contributed by atoms with Crippen molar-refractivity contribution in [3.05, 3.63) is 39.6 Å². The molecule has 0 aliphatic rings. The van der Waals surface area contributed by atoms with Gasteiger partial charge >= 0.3 is 0 Å². The van der Waals surface area contributed by atoms with Gasteiger partial charge in [-0.1, -0.05) is 6.07 Å². The Balaban J connectivity index is 2.23. The molecule has 6 heteroatoms. The number of hydrogen-bond acceptors (Lipinski definition) is 4. The molecule has 0 unspecified atom stereocenters. The van der Waals surface area contributed by atoms with Gasteiger partial charge in [0, 0.05) is 6.54 Å². The lowest BCUT2D eigenvalue weighted by atomic mass is 10.2. The molecule has 1 aromatic heterocycles. The Morgan fingerprint density at radius 3 is 2.71 bits per heavy atom. The molecule has 21 heavy (non-hydrogen) atoms. The molecular formula is C15H19BrN2O3. The van der Waals surface area contributed by atoms with E-state index in [1.165, 1.54) is 0 Å². The molecule has 5 nitrogen and oxygen atoms in total. The molecule has 0 atom stereocenters. The number of ether oxygens (including phenoxy) is 2. The lowest BCUT2D eigenvalue weighted by Crippen LogP contribution is -2.07. The molecule has 0 radical (unpaired) electrons. The smallest absolute Gasteiger partial charge is 0.162 e. The van der Waals surface area contributed by atoms with Crippen molar-refractivity contribution in [1.82, 2.24) is 9.78 Å². The summed E-state index contributed by atoms with van der Waals surface area (Å²) in [4.78, 5) is 0. The SMILES string of the molecule is CCn1nc(C)c(Br)c1COc1cc(CO)ccc1OC. The minimum absolute atomic E-state index is 0.0317. The van der Waals surface area contributed by atoms with Crippen molar-refractivity contribution in [3.8, 4) is 11.5 Å². The highest BCUT2D eigenvalue weighted by Crippen LogP contribution is 2.30. The van der Waals surface area contributed by atoms with Gasteiger partial charge in [-0.3, -0.25) is 4.68 Å². The number of aliphatic hydroxyl groups is 1. The Bertz CT molecular complexity index is 626. The van der Waals surface area contributed by atoms with E-state index in [-0.39, 0.29) is 6.61 Å². The number of methoxy groups -OCH3 is 1. The van der Waals surface area contributed by atoms with Crippen LogP contribution in [-0.2, 0) is 19.8 Å². The van der Waals surface area contributed by atoms with E-state index in [1.54, 1.807) is 19.2 Å². The van der Waals surface area contributed by atoms with E-state index in [1.807, 2.05) is 24.6 Å². The lowest BCUT2D eigenvalue weighted by Gasteiger charge is -2.12. The molecule has 1 aromatic carbocycles. The van der Waals surface area contributed by atoms with Crippen LogP contribution in [0.5, 0.6) is 11.5 Å². The average molecular weight is 355 g/mol. The Labute approximate surface area is 132 Å². The Morgan fingerprint density at radius 1 is 1.33 bits per heavy atom. The van der Waals surface area contributed by atoms with E-state index in [0.717, 1.165) is 28.0 Å². The Hall–Kier alpha value is -1.53. The predicted octanol–water partition coefficient (Wildman–Crippen LogP) is 3.05. The molecule has 0 saturated carbocycles. The normalized spacial score (nSPS) is 10.7. The van der Waals surface area contributed by atoms with Crippen molar-refractivity contribution in [2.75, 3.05) is 7.11 Å². The molecule has 1 heterocycles. The van der Waals surface area contributed by atoms with Gasteiger partial charge in [0.2, 0.25) is 0 Å². The highest BCUT2D eigenvalue weighted by molar-refractivity contribution is 9.10. The van der Waals surface area contributed by atoms with E-state index >= 15 is 0 Å². The molecule has 0 bridgehead atoms. The maximum Gasteiger partial charge on any atom is 0.162 e. The van der Waals surface area contributed by atoms with Gasteiger partial charge in [-0.05, 0) is 47.5 Å².